The average Bonchev–Trinajstić information content (AvgIpc) is 2.79. The summed E-state index contributed by atoms with van der Waals surface area (Å²) in [6.45, 7) is 3.85. The molecule has 1 aromatic heterocycles. The van der Waals surface area contributed by atoms with Crippen LogP contribution in [0.25, 0.3) is 6.08 Å². The molecule has 0 bridgehead atoms. The Morgan fingerprint density at radius 1 is 1.16 bits per heavy atom. The van der Waals surface area contributed by atoms with Crippen LogP contribution in [0.1, 0.15) is 41.5 Å². The molecule has 0 radical (unpaired) electrons. The van der Waals surface area contributed by atoms with E-state index in [1.807, 2.05) is 44.2 Å². The van der Waals surface area contributed by atoms with Gasteiger partial charge in [0.05, 0.1) is 0 Å². The van der Waals surface area contributed by atoms with E-state index in [0.717, 1.165) is 5.56 Å². The van der Waals surface area contributed by atoms with Crippen LogP contribution in [0, 0.1) is 0 Å². The molecule has 0 amide bonds. The minimum Gasteiger partial charge on any atom is -0.309 e. The zero-order valence-corrected chi connectivity index (χ0v) is 10.9. The number of rotatable bonds is 4. The number of aromatic amines is 2. The van der Waals surface area contributed by atoms with Crippen LogP contribution in [0.4, 0.5) is 0 Å². The highest BCUT2D eigenvalue weighted by atomic mass is 16.1. The molecular formula is C15H16N2O2. The van der Waals surface area contributed by atoms with Crippen LogP contribution in [0.2, 0.25) is 0 Å². The van der Waals surface area contributed by atoms with Crippen LogP contribution in [0.15, 0.2) is 41.2 Å². The predicted molar refractivity (Wildman–Crippen MR) is 75.3 cm³/mol. The summed E-state index contributed by atoms with van der Waals surface area (Å²) < 4.78 is 0. The fourth-order valence-corrected chi connectivity index (χ4v) is 1.84. The van der Waals surface area contributed by atoms with Gasteiger partial charge in [0, 0.05) is 5.69 Å². The van der Waals surface area contributed by atoms with Gasteiger partial charge in [0.1, 0.15) is 5.69 Å². The monoisotopic (exact) mass is 256 g/mol. The third-order valence-corrected chi connectivity index (χ3v) is 2.81. The smallest absolute Gasteiger partial charge is 0.309 e. The molecule has 98 valence electrons. The van der Waals surface area contributed by atoms with Crippen molar-refractivity contribution in [3.8, 4) is 0 Å². The Balaban J connectivity index is 2.26. The molecule has 4 heteroatoms. The molecule has 0 spiro atoms. The summed E-state index contributed by atoms with van der Waals surface area (Å²) in [4.78, 5) is 28.6. The molecule has 0 fully saturated rings. The number of carbonyl (C=O) groups excluding carboxylic acids is 1. The van der Waals surface area contributed by atoms with Crippen molar-refractivity contribution in [3.05, 3.63) is 63.8 Å². The molecular weight excluding hydrogens is 240 g/mol. The molecule has 0 aliphatic rings. The molecule has 2 rings (SSSR count). The number of hydrogen-bond acceptors (Lipinski definition) is 2. The van der Waals surface area contributed by atoms with Crippen molar-refractivity contribution in [2.75, 3.05) is 0 Å². The van der Waals surface area contributed by atoms with Crippen LogP contribution in [-0.2, 0) is 0 Å². The van der Waals surface area contributed by atoms with Gasteiger partial charge in [0.2, 0.25) is 5.78 Å². The van der Waals surface area contributed by atoms with Crippen molar-refractivity contribution >= 4 is 11.9 Å². The van der Waals surface area contributed by atoms with Crippen molar-refractivity contribution in [1.82, 2.24) is 9.97 Å². The highest BCUT2D eigenvalue weighted by molar-refractivity contribution is 6.06. The van der Waals surface area contributed by atoms with Crippen LogP contribution in [-0.4, -0.2) is 15.8 Å². The van der Waals surface area contributed by atoms with Gasteiger partial charge < -0.3 is 9.97 Å². The van der Waals surface area contributed by atoms with Crippen LogP contribution < -0.4 is 5.69 Å². The number of H-pyrrole nitrogens is 2. The zero-order valence-electron chi connectivity index (χ0n) is 10.9. The molecule has 19 heavy (non-hydrogen) atoms. The molecule has 0 unspecified atom stereocenters. The molecule has 1 heterocycles. The molecule has 2 N–H and O–H groups in total. The number of carbonyl (C=O) groups is 1. The van der Waals surface area contributed by atoms with Gasteiger partial charge in [-0.1, -0.05) is 50.3 Å². The second-order valence-corrected chi connectivity index (χ2v) is 4.63. The van der Waals surface area contributed by atoms with Crippen molar-refractivity contribution in [1.29, 1.82) is 0 Å². The fourth-order valence-electron chi connectivity index (χ4n) is 1.84. The lowest BCUT2D eigenvalue weighted by Crippen LogP contribution is -2.03. The second kappa shape index (κ2) is 5.52. The standard InChI is InChI=1S/C15H16N2O2/c1-10(2)13-14(17-15(19)16-13)12(18)9-8-11-6-4-3-5-7-11/h3-10H,1-2H3,(H2,16,17,19). The molecule has 0 saturated carbocycles. The summed E-state index contributed by atoms with van der Waals surface area (Å²) in [6.07, 6.45) is 3.21. The summed E-state index contributed by atoms with van der Waals surface area (Å²) in [5.41, 5.74) is 1.58. The van der Waals surface area contributed by atoms with E-state index in [9.17, 15) is 9.59 Å². The van der Waals surface area contributed by atoms with E-state index in [1.54, 1.807) is 6.08 Å². The van der Waals surface area contributed by atoms with E-state index in [1.165, 1.54) is 6.08 Å². The Morgan fingerprint density at radius 2 is 1.84 bits per heavy atom. The number of hydrogen-bond donors (Lipinski definition) is 2. The Labute approximate surface area is 111 Å². The Hall–Kier alpha value is -2.36. The van der Waals surface area contributed by atoms with Gasteiger partial charge in [-0.05, 0) is 17.6 Å². The number of benzene rings is 1. The normalized spacial score (nSPS) is 11.3. The van der Waals surface area contributed by atoms with Crippen LogP contribution in [0.5, 0.6) is 0 Å². The molecule has 0 atom stereocenters. The largest absolute Gasteiger partial charge is 0.323 e. The summed E-state index contributed by atoms with van der Waals surface area (Å²) in [6, 6.07) is 9.55. The molecule has 0 aliphatic heterocycles. The van der Waals surface area contributed by atoms with Crippen molar-refractivity contribution in [3.63, 3.8) is 0 Å². The van der Waals surface area contributed by atoms with Crippen LogP contribution >= 0.6 is 0 Å². The van der Waals surface area contributed by atoms with Crippen LogP contribution in [0.3, 0.4) is 0 Å². The first-order chi connectivity index (χ1) is 9.08. The van der Waals surface area contributed by atoms with Gasteiger partial charge in [0.15, 0.2) is 0 Å². The summed E-state index contributed by atoms with van der Waals surface area (Å²) >= 11 is 0. The molecule has 2 aromatic rings. The number of imidazole rings is 1. The third kappa shape index (κ3) is 3.10. The van der Waals surface area contributed by atoms with E-state index in [-0.39, 0.29) is 17.4 Å². The molecule has 0 aliphatic carbocycles. The van der Waals surface area contributed by atoms with Crippen molar-refractivity contribution in [2.45, 2.75) is 19.8 Å². The summed E-state index contributed by atoms with van der Waals surface area (Å²) in [7, 11) is 0. The minimum absolute atomic E-state index is 0.0861. The first-order valence-corrected chi connectivity index (χ1v) is 6.17. The van der Waals surface area contributed by atoms with Gasteiger partial charge >= 0.3 is 5.69 Å². The van der Waals surface area contributed by atoms with E-state index in [2.05, 4.69) is 9.97 Å². The van der Waals surface area contributed by atoms with Gasteiger partial charge in [0.25, 0.3) is 0 Å². The lowest BCUT2D eigenvalue weighted by atomic mass is 10.1. The van der Waals surface area contributed by atoms with Crippen molar-refractivity contribution < 1.29 is 4.79 Å². The quantitative estimate of drug-likeness (QED) is 0.652. The van der Waals surface area contributed by atoms with Gasteiger partial charge in [-0.2, -0.15) is 0 Å². The maximum absolute atomic E-state index is 12.1. The topological polar surface area (TPSA) is 65.7 Å². The van der Waals surface area contributed by atoms with E-state index >= 15 is 0 Å². The van der Waals surface area contributed by atoms with E-state index in [4.69, 9.17) is 0 Å². The number of allylic oxidation sites excluding steroid dienone is 1. The first kappa shape index (κ1) is 13.1. The van der Waals surface area contributed by atoms with E-state index < -0.39 is 0 Å². The van der Waals surface area contributed by atoms with E-state index in [0.29, 0.717) is 11.4 Å². The minimum atomic E-state index is -0.347. The Morgan fingerprint density at radius 3 is 2.47 bits per heavy atom. The summed E-state index contributed by atoms with van der Waals surface area (Å²) in [5, 5.41) is 0. The predicted octanol–water partition coefficient (Wildman–Crippen LogP) is 2.72. The highest BCUT2D eigenvalue weighted by Crippen LogP contribution is 2.15. The zero-order chi connectivity index (χ0) is 13.8. The maximum Gasteiger partial charge on any atom is 0.323 e. The van der Waals surface area contributed by atoms with Gasteiger partial charge in [-0.15, -0.1) is 0 Å². The molecule has 1 aromatic carbocycles. The molecule has 0 saturated heterocycles. The number of nitrogens with one attached hydrogen (secondary N) is 2. The fraction of sp³-hybridized carbons (Fsp3) is 0.200. The first-order valence-electron chi connectivity index (χ1n) is 6.17. The lowest BCUT2D eigenvalue weighted by molar-refractivity contribution is 0.104. The highest BCUT2D eigenvalue weighted by Gasteiger charge is 2.15. The Bertz CT molecular complexity index is 648. The molecule has 4 nitrogen and oxygen atoms in total. The second-order valence-electron chi connectivity index (χ2n) is 4.63. The lowest BCUT2D eigenvalue weighted by Gasteiger charge is -2.02. The average molecular weight is 256 g/mol. The Kier molecular flexibility index (Phi) is 3.80. The van der Waals surface area contributed by atoms with Crippen molar-refractivity contribution in [2.24, 2.45) is 0 Å². The van der Waals surface area contributed by atoms with Gasteiger partial charge in [-0.25, -0.2) is 4.79 Å². The maximum atomic E-state index is 12.1. The summed E-state index contributed by atoms with van der Waals surface area (Å²) in [5.74, 6) is -0.117. The third-order valence-electron chi connectivity index (χ3n) is 2.81. The number of aromatic nitrogens is 2. The SMILES string of the molecule is CC(C)c1[nH]c(=O)[nH]c1C(=O)C=Cc1ccccc1. The number of ketones is 1. The van der Waals surface area contributed by atoms with Gasteiger partial charge in [-0.3, -0.25) is 4.79 Å².